The summed E-state index contributed by atoms with van der Waals surface area (Å²) >= 11 is 1.74. The average molecular weight is 392 g/mol. The van der Waals surface area contributed by atoms with E-state index in [1.165, 1.54) is 4.90 Å². The first-order valence-electron chi connectivity index (χ1n) is 9.34. The smallest absolute Gasteiger partial charge is 0.253 e. The Balaban J connectivity index is 1.29. The van der Waals surface area contributed by atoms with Gasteiger partial charge < -0.3 is 9.72 Å². The number of pyridine rings is 1. The zero-order valence-corrected chi connectivity index (χ0v) is 16.2. The van der Waals surface area contributed by atoms with Crippen LogP contribution in [0.1, 0.15) is 28.8 Å². The highest BCUT2D eigenvalue weighted by molar-refractivity contribution is 7.97. The van der Waals surface area contributed by atoms with Gasteiger partial charge in [0.15, 0.2) is 0 Å². The van der Waals surface area contributed by atoms with Gasteiger partial charge in [0.2, 0.25) is 0 Å². The number of rotatable bonds is 5. The molecule has 1 fully saturated rings. The van der Waals surface area contributed by atoms with Crippen molar-refractivity contribution in [1.29, 1.82) is 5.26 Å². The highest BCUT2D eigenvalue weighted by Crippen LogP contribution is 2.28. The van der Waals surface area contributed by atoms with Crippen LogP contribution in [0.5, 0.6) is 0 Å². The van der Waals surface area contributed by atoms with Crippen molar-refractivity contribution >= 4 is 23.5 Å². The van der Waals surface area contributed by atoms with E-state index in [0.29, 0.717) is 12.1 Å². The Morgan fingerprint density at radius 3 is 2.75 bits per heavy atom. The van der Waals surface area contributed by atoms with Gasteiger partial charge in [-0.15, -0.1) is 0 Å². The first-order valence-corrected chi connectivity index (χ1v) is 10.1. The number of hydrogen-bond acceptors (Lipinski definition) is 5. The van der Waals surface area contributed by atoms with Crippen LogP contribution in [0.2, 0.25) is 0 Å². The summed E-state index contributed by atoms with van der Waals surface area (Å²) in [6.07, 6.45) is 7.21. The lowest BCUT2D eigenvalue weighted by Gasteiger charge is -2.27. The quantitative estimate of drug-likeness (QED) is 0.674. The number of nitriles is 1. The summed E-state index contributed by atoms with van der Waals surface area (Å²) in [4.78, 5) is 17.7. The number of carbonyl (C=O) groups is 1. The molecule has 1 saturated heterocycles. The van der Waals surface area contributed by atoms with Crippen LogP contribution in [0.3, 0.4) is 0 Å². The van der Waals surface area contributed by atoms with Crippen molar-refractivity contribution in [1.82, 2.24) is 19.0 Å². The maximum Gasteiger partial charge on any atom is 0.253 e. The van der Waals surface area contributed by atoms with Gasteiger partial charge in [-0.3, -0.25) is 4.79 Å². The van der Waals surface area contributed by atoms with Gasteiger partial charge >= 0.3 is 0 Å². The van der Waals surface area contributed by atoms with Crippen molar-refractivity contribution in [3.8, 4) is 6.07 Å². The van der Waals surface area contributed by atoms with E-state index in [2.05, 4.69) is 32.8 Å². The fourth-order valence-electron chi connectivity index (χ4n) is 3.23. The van der Waals surface area contributed by atoms with Crippen LogP contribution in [-0.4, -0.2) is 32.7 Å². The lowest BCUT2D eigenvalue weighted by atomic mass is 10.0. The van der Waals surface area contributed by atoms with Gasteiger partial charge in [-0.1, -0.05) is 12.1 Å². The molecule has 0 unspecified atom stereocenters. The number of nitrogens with one attached hydrogen (secondary N) is 1. The van der Waals surface area contributed by atoms with Crippen molar-refractivity contribution in [2.45, 2.75) is 24.3 Å². The fourth-order valence-corrected chi connectivity index (χ4v) is 4.18. The highest BCUT2D eigenvalue weighted by atomic mass is 32.2. The van der Waals surface area contributed by atoms with E-state index in [1.54, 1.807) is 30.4 Å². The van der Waals surface area contributed by atoms with Gasteiger partial charge in [0.05, 0.1) is 11.6 Å². The van der Waals surface area contributed by atoms with E-state index in [1.807, 2.05) is 28.8 Å². The van der Waals surface area contributed by atoms with Crippen molar-refractivity contribution < 1.29 is 4.79 Å². The Morgan fingerprint density at radius 2 is 2.00 bits per heavy atom. The standard InChI is InChI=1S/C21H21N5OS/c22-13-16-7-10-26(11-8-16)28-19-4-1-17(2-5-19)14-24-21(27)18-3-6-20-23-9-12-25(20)15-18/h1-6,9,12,15-16H,7-8,10-11,14H2,(H,24,27). The number of aromatic nitrogens is 2. The molecular weight excluding hydrogens is 370 g/mol. The molecule has 6 nitrogen and oxygen atoms in total. The molecule has 3 aromatic rings. The number of amides is 1. The number of fused-ring (bicyclic) bond motifs is 1. The van der Waals surface area contributed by atoms with Crippen molar-refractivity contribution in [3.05, 3.63) is 66.1 Å². The van der Waals surface area contributed by atoms with Crippen LogP contribution in [0.15, 0.2) is 59.9 Å². The number of carbonyl (C=O) groups excluding carboxylic acids is 1. The van der Waals surface area contributed by atoms with Gasteiger partial charge in [0.25, 0.3) is 5.91 Å². The molecule has 2 aromatic heterocycles. The van der Waals surface area contributed by atoms with Gasteiger partial charge in [-0.25, -0.2) is 9.29 Å². The van der Waals surface area contributed by atoms with Crippen LogP contribution >= 0.6 is 11.9 Å². The molecule has 3 heterocycles. The molecule has 1 aliphatic rings. The maximum absolute atomic E-state index is 12.4. The molecule has 1 amide bonds. The predicted octanol–water partition coefficient (Wildman–Crippen LogP) is 3.51. The molecular formula is C21H21N5OS. The summed E-state index contributed by atoms with van der Waals surface area (Å²) in [5.74, 6) is 0.103. The van der Waals surface area contributed by atoms with Crippen LogP contribution < -0.4 is 5.32 Å². The summed E-state index contributed by atoms with van der Waals surface area (Å²) in [5.41, 5.74) is 2.49. The monoisotopic (exact) mass is 391 g/mol. The zero-order chi connectivity index (χ0) is 19.3. The summed E-state index contributed by atoms with van der Waals surface area (Å²) in [6, 6.07) is 14.2. The highest BCUT2D eigenvalue weighted by Gasteiger charge is 2.19. The number of benzene rings is 1. The Kier molecular flexibility index (Phi) is 5.60. The first kappa shape index (κ1) is 18.5. The van der Waals surface area contributed by atoms with Crippen LogP contribution in [0, 0.1) is 17.2 Å². The summed E-state index contributed by atoms with van der Waals surface area (Å²) in [7, 11) is 0. The van der Waals surface area contributed by atoms with Crippen LogP contribution in [0.25, 0.3) is 5.65 Å². The van der Waals surface area contributed by atoms with Gasteiger partial charge in [0.1, 0.15) is 5.65 Å². The van der Waals surface area contributed by atoms with E-state index in [0.717, 1.165) is 37.1 Å². The molecule has 0 atom stereocenters. The zero-order valence-electron chi connectivity index (χ0n) is 15.4. The van der Waals surface area contributed by atoms with E-state index in [-0.39, 0.29) is 11.8 Å². The van der Waals surface area contributed by atoms with Gasteiger partial charge in [-0.2, -0.15) is 5.26 Å². The third-order valence-corrected chi connectivity index (χ3v) is 6.00. The van der Waals surface area contributed by atoms with Crippen LogP contribution in [0.4, 0.5) is 0 Å². The molecule has 1 aromatic carbocycles. The van der Waals surface area contributed by atoms with Gasteiger partial charge in [0, 0.05) is 49.0 Å². The Bertz CT molecular complexity index is 1000. The van der Waals surface area contributed by atoms with Crippen molar-refractivity contribution in [2.24, 2.45) is 5.92 Å². The summed E-state index contributed by atoms with van der Waals surface area (Å²) in [6.45, 7) is 2.38. The third-order valence-electron chi connectivity index (χ3n) is 4.90. The minimum atomic E-state index is -0.102. The largest absolute Gasteiger partial charge is 0.348 e. The lowest BCUT2D eigenvalue weighted by molar-refractivity contribution is 0.0950. The number of hydrogen-bond donors (Lipinski definition) is 1. The minimum absolute atomic E-state index is 0.102. The molecule has 0 bridgehead atoms. The van der Waals surface area contributed by atoms with Crippen LogP contribution in [-0.2, 0) is 6.54 Å². The van der Waals surface area contributed by atoms with E-state index >= 15 is 0 Å². The molecule has 1 N–H and O–H groups in total. The van der Waals surface area contributed by atoms with Crippen molar-refractivity contribution in [3.63, 3.8) is 0 Å². The van der Waals surface area contributed by atoms with E-state index < -0.39 is 0 Å². The molecule has 0 radical (unpaired) electrons. The minimum Gasteiger partial charge on any atom is -0.348 e. The Labute approximate surface area is 168 Å². The topological polar surface area (TPSA) is 73.4 Å². The number of nitrogens with zero attached hydrogens (tertiary/aromatic N) is 4. The summed E-state index contributed by atoms with van der Waals surface area (Å²) < 4.78 is 4.15. The third kappa shape index (κ3) is 4.35. The number of piperidine rings is 1. The molecule has 0 aliphatic carbocycles. The van der Waals surface area contributed by atoms with Gasteiger partial charge in [-0.05, 0) is 54.6 Å². The first-order chi connectivity index (χ1) is 13.7. The Hall–Kier alpha value is -2.82. The second-order valence-corrected chi connectivity index (χ2v) is 8.03. The predicted molar refractivity (Wildman–Crippen MR) is 109 cm³/mol. The van der Waals surface area contributed by atoms with Crippen molar-refractivity contribution in [2.75, 3.05) is 13.1 Å². The Morgan fingerprint density at radius 1 is 1.21 bits per heavy atom. The number of imidazole rings is 1. The SMILES string of the molecule is N#CC1CCN(Sc2ccc(CNC(=O)c3ccc4nccn4c3)cc2)CC1. The fraction of sp³-hybridized carbons (Fsp3) is 0.286. The molecule has 0 saturated carbocycles. The second-order valence-electron chi connectivity index (χ2n) is 6.86. The molecule has 7 heteroatoms. The molecule has 1 aliphatic heterocycles. The molecule has 4 rings (SSSR count). The lowest BCUT2D eigenvalue weighted by Crippen LogP contribution is -2.27. The molecule has 142 valence electrons. The maximum atomic E-state index is 12.4. The summed E-state index contributed by atoms with van der Waals surface area (Å²) in [5, 5.41) is 12.0. The van der Waals surface area contributed by atoms with E-state index in [9.17, 15) is 4.79 Å². The average Bonchev–Trinajstić information content (AvgIpc) is 3.21. The second kappa shape index (κ2) is 8.46. The molecule has 0 spiro atoms. The van der Waals surface area contributed by atoms with E-state index in [4.69, 9.17) is 5.26 Å². The molecule has 28 heavy (non-hydrogen) atoms. The normalized spacial score (nSPS) is 15.4.